The van der Waals surface area contributed by atoms with Crippen LogP contribution >= 0.6 is 0 Å². The zero-order valence-corrected chi connectivity index (χ0v) is 15.6. The van der Waals surface area contributed by atoms with Gasteiger partial charge in [0.15, 0.2) is 5.43 Å². The molecule has 0 saturated heterocycles. The molecule has 0 aliphatic carbocycles. The number of aromatic nitrogens is 1. The minimum atomic E-state index is -0.384. The Morgan fingerprint density at radius 3 is 1.83 bits per heavy atom. The molecule has 0 aliphatic heterocycles. The van der Waals surface area contributed by atoms with E-state index >= 15 is 0 Å². The van der Waals surface area contributed by atoms with Crippen LogP contribution < -0.4 is 16.3 Å². The van der Waals surface area contributed by atoms with Crippen LogP contribution in [0.25, 0.3) is 21.8 Å². The molecule has 2 N–H and O–H groups in total. The van der Waals surface area contributed by atoms with E-state index in [1.807, 2.05) is 54.6 Å². The van der Waals surface area contributed by atoms with Crippen LogP contribution in [0.2, 0.25) is 0 Å². The predicted molar refractivity (Wildman–Crippen MR) is 112 cm³/mol. The maximum Gasteiger partial charge on any atom is 0.258 e. The van der Waals surface area contributed by atoms with Gasteiger partial charge in [0.1, 0.15) is 6.54 Å². The number of hydrazine groups is 1. The molecule has 0 unspecified atom stereocenters. The van der Waals surface area contributed by atoms with Crippen molar-refractivity contribution in [2.45, 2.75) is 13.0 Å². The van der Waals surface area contributed by atoms with Crippen molar-refractivity contribution in [2.75, 3.05) is 0 Å². The van der Waals surface area contributed by atoms with Gasteiger partial charge in [-0.2, -0.15) is 0 Å². The molecule has 0 radical (unpaired) electrons. The molecule has 1 aromatic heterocycles. The van der Waals surface area contributed by atoms with E-state index in [-0.39, 0.29) is 30.2 Å². The number of carbonyl (C=O) groups is 2. The highest BCUT2D eigenvalue weighted by Gasteiger charge is 2.13. The summed E-state index contributed by atoms with van der Waals surface area (Å²) in [5.41, 5.74) is 7.03. The van der Waals surface area contributed by atoms with Gasteiger partial charge in [0.2, 0.25) is 5.91 Å². The molecule has 0 aliphatic rings. The Hall–Kier alpha value is -3.93. The van der Waals surface area contributed by atoms with E-state index in [0.717, 1.165) is 5.56 Å². The van der Waals surface area contributed by atoms with Crippen molar-refractivity contribution in [3.63, 3.8) is 0 Å². The summed E-state index contributed by atoms with van der Waals surface area (Å²) in [6.07, 6.45) is 0.172. The number of fused-ring (bicyclic) bond motifs is 2. The lowest BCUT2D eigenvalue weighted by molar-refractivity contribution is -0.128. The molecule has 144 valence electrons. The van der Waals surface area contributed by atoms with Gasteiger partial charge in [-0.15, -0.1) is 0 Å². The average molecular weight is 385 g/mol. The Bertz CT molecular complexity index is 1200. The Morgan fingerprint density at radius 2 is 1.21 bits per heavy atom. The summed E-state index contributed by atoms with van der Waals surface area (Å²) >= 11 is 0. The number of pyridine rings is 1. The van der Waals surface area contributed by atoms with Crippen LogP contribution in [0.3, 0.4) is 0 Å². The molecule has 0 saturated carbocycles. The van der Waals surface area contributed by atoms with Crippen LogP contribution in [0, 0.1) is 0 Å². The van der Waals surface area contributed by atoms with Crippen molar-refractivity contribution in [3.8, 4) is 0 Å². The molecule has 3 aromatic carbocycles. The summed E-state index contributed by atoms with van der Waals surface area (Å²) < 4.78 is 1.78. The summed E-state index contributed by atoms with van der Waals surface area (Å²) in [4.78, 5) is 37.3. The van der Waals surface area contributed by atoms with E-state index in [4.69, 9.17) is 0 Å². The highest BCUT2D eigenvalue weighted by molar-refractivity contribution is 5.95. The number of hydrogen-bond donors (Lipinski definition) is 2. The first-order valence-corrected chi connectivity index (χ1v) is 9.25. The van der Waals surface area contributed by atoms with E-state index in [1.165, 1.54) is 0 Å². The predicted octanol–water partition coefficient (Wildman–Crippen LogP) is 2.54. The topological polar surface area (TPSA) is 80.2 Å². The molecule has 0 bridgehead atoms. The van der Waals surface area contributed by atoms with Gasteiger partial charge in [-0.25, -0.2) is 0 Å². The van der Waals surface area contributed by atoms with E-state index in [0.29, 0.717) is 21.8 Å². The molecule has 2 amide bonds. The highest BCUT2D eigenvalue weighted by Crippen LogP contribution is 2.18. The molecule has 6 nitrogen and oxygen atoms in total. The number of nitrogens with zero attached hydrogens (tertiary/aromatic N) is 1. The van der Waals surface area contributed by atoms with Crippen molar-refractivity contribution in [2.24, 2.45) is 0 Å². The molecule has 29 heavy (non-hydrogen) atoms. The summed E-state index contributed by atoms with van der Waals surface area (Å²) in [5, 5.41) is 1.10. The van der Waals surface area contributed by atoms with Gasteiger partial charge >= 0.3 is 0 Å². The quantitative estimate of drug-likeness (QED) is 0.419. The zero-order valence-electron chi connectivity index (χ0n) is 15.6. The van der Waals surface area contributed by atoms with Crippen LogP contribution in [0.1, 0.15) is 5.56 Å². The Kier molecular flexibility index (Phi) is 5.07. The van der Waals surface area contributed by atoms with Crippen molar-refractivity contribution < 1.29 is 9.59 Å². The number of nitrogens with one attached hydrogen (secondary N) is 2. The van der Waals surface area contributed by atoms with Crippen LogP contribution in [0.4, 0.5) is 0 Å². The summed E-state index contributed by atoms with van der Waals surface area (Å²) in [6.45, 7) is -0.0348. The third kappa shape index (κ3) is 3.87. The lowest BCUT2D eigenvalue weighted by atomic mass is 10.1. The SMILES string of the molecule is O=C(Cc1ccccc1)NNC(=O)Cn1c2ccccc2c(=O)c2ccccc21. The van der Waals surface area contributed by atoms with Crippen molar-refractivity contribution in [3.05, 3.63) is 94.6 Å². The van der Waals surface area contributed by atoms with E-state index in [1.54, 1.807) is 28.8 Å². The van der Waals surface area contributed by atoms with Gasteiger partial charge in [0, 0.05) is 10.8 Å². The van der Waals surface area contributed by atoms with Gasteiger partial charge in [-0.3, -0.25) is 25.2 Å². The molecule has 0 spiro atoms. The monoisotopic (exact) mass is 385 g/mol. The third-order valence-corrected chi connectivity index (χ3v) is 4.73. The van der Waals surface area contributed by atoms with Gasteiger partial charge in [-0.05, 0) is 29.8 Å². The average Bonchev–Trinajstić information content (AvgIpc) is 2.76. The second kappa shape index (κ2) is 7.98. The van der Waals surface area contributed by atoms with Gasteiger partial charge in [-0.1, -0.05) is 54.6 Å². The first-order valence-electron chi connectivity index (χ1n) is 9.25. The second-order valence-corrected chi connectivity index (χ2v) is 6.71. The lowest BCUT2D eigenvalue weighted by Crippen LogP contribution is -2.44. The van der Waals surface area contributed by atoms with Gasteiger partial charge in [0.05, 0.1) is 17.5 Å². The molecule has 4 aromatic rings. The van der Waals surface area contributed by atoms with Crippen molar-refractivity contribution >= 4 is 33.6 Å². The standard InChI is InChI=1S/C23H19N3O3/c27-21(14-16-8-2-1-3-9-16)24-25-22(28)15-26-19-12-6-4-10-17(19)23(29)18-11-5-7-13-20(18)26/h1-13H,14-15H2,(H,24,27)(H,25,28). The number of benzene rings is 3. The van der Waals surface area contributed by atoms with Gasteiger partial charge in [0.25, 0.3) is 5.91 Å². The Morgan fingerprint density at radius 1 is 0.690 bits per heavy atom. The summed E-state index contributed by atoms with van der Waals surface area (Å²) in [6, 6.07) is 23.7. The van der Waals surface area contributed by atoms with Gasteiger partial charge < -0.3 is 4.57 Å². The fraction of sp³-hybridized carbons (Fsp3) is 0.0870. The van der Waals surface area contributed by atoms with E-state index < -0.39 is 0 Å². The number of hydrogen-bond acceptors (Lipinski definition) is 3. The smallest absolute Gasteiger partial charge is 0.258 e. The molecular formula is C23H19N3O3. The maximum absolute atomic E-state index is 12.7. The highest BCUT2D eigenvalue weighted by atomic mass is 16.2. The molecule has 0 fully saturated rings. The van der Waals surface area contributed by atoms with E-state index in [9.17, 15) is 14.4 Å². The molecule has 6 heteroatoms. The molecule has 0 atom stereocenters. The van der Waals surface area contributed by atoms with Crippen LogP contribution in [0.15, 0.2) is 83.7 Å². The molecule has 1 heterocycles. The normalized spacial score (nSPS) is 10.8. The maximum atomic E-state index is 12.7. The number of rotatable bonds is 4. The summed E-state index contributed by atoms with van der Waals surface area (Å²) in [7, 11) is 0. The fourth-order valence-electron chi connectivity index (χ4n) is 3.40. The van der Waals surface area contributed by atoms with Crippen LogP contribution in [-0.4, -0.2) is 16.4 Å². The number of para-hydroxylation sites is 2. The van der Waals surface area contributed by atoms with E-state index in [2.05, 4.69) is 10.9 Å². The first-order chi connectivity index (χ1) is 14.1. The van der Waals surface area contributed by atoms with Crippen LogP contribution in [-0.2, 0) is 22.6 Å². The largest absolute Gasteiger partial charge is 0.331 e. The lowest BCUT2D eigenvalue weighted by Gasteiger charge is -2.15. The zero-order chi connectivity index (χ0) is 20.2. The van der Waals surface area contributed by atoms with Crippen molar-refractivity contribution in [1.29, 1.82) is 0 Å². The third-order valence-electron chi connectivity index (χ3n) is 4.73. The van der Waals surface area contributed by atoms with Crippen molar-refractivity contribution in [1.82, 2.24) is 15.4 Å². The Balaban J connectivity index is 1.55. The number of amides is 2. The minimum Gasteiger partial charge on any atom is -0.331 e. The molecule has 4 rings (SSSR count). The Labute approximate surface area is 166 Å². The molecular weight excluding hydrogens is 366 g/mol. The summed E-state index contributed by atoms with van der Waals surface area (Å²) in [5.74, 6) is -0.690. The van der Waals surface area contributed by atoms with Crippen LogP contribution in [0.5, 0.6) is 0 Å². The minimum absolute atomic E-state index is 0.0348. The first kappa shape index (κ1) is 18.4. The fourth-order valence-corrected chi connectivity index (χ4v) is 3.40. The number of carbonyl (C=O) groups excluding carboxylic acids is 2. The second-order valence-electron chi connectivity index (χ2n) is 6.71.